The molecule has 1 aromatic rings. The Bertz CT molecular complexity index is 1010. The minimum Gasteiger partial charge on any atom is -0.465 e. The van der Waals surface area contributed by atoms with Crippen LogP contribution in [-0.4, -0.2) is 98.0 Å². The summed E-state index contributed by atoms with van der Waals surface area (Å²) in [6, 6.07) is 6.48. The van der Waals surface area contributed by atoms with Gasteiger partial charge in [0, 0.05) is 7.11 Å². The van der Waals surface area contributed by atoms with Crippen molar-refractivity contribution in [2.45, 2.75) is 63.9 Å². The van der Waals surface area contributed by atoms with Gasteiger partial charge in [-0.05, 0) is 39.8 Å². The summed E-state index contributed by atoms with van der Waals surface area (Å²) in [6.07, 6.45) is -7.10. The number of amides is 3. The lowest BCUT2D eigenvalue weighted by atomic mass is 9.94. The van der Waals surface area contributed by atoms with Crippen LogP contribution in [-0.2, 0) is 38.1 Å². The molecule has 4 N–H and O–H groups in total. The second-order valence-corrected chi connectivity index (χ2v) is 9.36. The maximum Gasteiger partial charge on any atom is 0.408 e. The van der Waals surface area contributed by atoms with Crippen molar-refractivity contribution in [3.8, 4) is 0 Å². The van der Waals surface area contributed by atoms with E-state index in [9.17, 15) is 29.1 Å². The summed E-state index contributed by atoms with van der Waals surface area (Å²) in [5.74, 6) is -3.23. The van der Waals surface area contributed by atoms with E-state index in [0.29, 0.717) is 0 Å². The number of nitrogens with one attached hydrogen (secondary N) is 3. The first-order valence-corrected chi connectivity index (χ1v) is 12.2. The van der Waals surface area contributed by atoms with Crippen molar-refractivity contribution in [2.24, 2.45) is 0 Å². The van der Waals surface area contributed by atoms with Crippen molar-refractivity contribution in [2.75, 3.05) is 26.8 Å². The van der Waals surface area contributed by atoms with E-state index in [1.54, 1.807) is 45.9 Å². The molecule has 0 aliphatic carbocycles. The minimum atomic E-state index is -1.77. The van der Waals surface area contributed by atoms with E-state index in [2.05, 4.69) is 16.0 Å². The Hall–Kier alpha value is -3.75. The normalized spacial score (nSPS) is 22.7. The first-order chi connectivity index (χ1) is 18.4. The van der Waals surface area contributed by atoms with E-state index < -0.39 is 79.2 Å². The van der Waals surface area contributed by atoms with Crippen LogP contribution in [0.5, 0.6) is 0 Å². The van der Waals surface area contributed by atoms with Crippen LogP contribution in [0.1, 0.15) is 38.1 Å². The Morgan fingerprint density at radius 2 is 1.69 bits per heavy atom. The third kappa shape index (κ3) is 9.81. The lowest BCUT2D eigenvalue weighted by Gasteiger charge is -2.43. The van der Waals surface area contributed by atoms with E-state index >= 15 is 0 Å². The standard InChI is InChI=1S/C25H35N3O11/c1-6-36-16(30)13-26-21(32)20-18(31)17(28-15(29)12-27-24(34)39-25(2,3)4)19(23(35-5)38-20)37-22(33)14-10-8-7-9-11-14/h7-11,17-20,23,31H,6,12-13H2,1-5H3,(H,26,32)(H,27,34)(H,28,29)/t17-,18+,19-,20+,23+/m1/s1. The predicted octanol–water partition coefficient (Wildman–Crippen LogP) is -0.367. The molecule has 14 nitrogen and oxygen atoms in total. The second kappa shape index (κ2) is 14.4. The summed E-state index contributed by atoms with van der Waals surface area (Å²) < 4.78 is 26.2. The molecule has 2 rings (SSSR count). The molecule has 1 aliphatic heterocycles. The molecule has 5 atom stereocenters. The molecule has 0 bridgehead atoms. The largest absolute Gasteiger partial charge is 0.465 e. The Labute approximate surface area is 225 Å². The maximum absolute atomic E-state index is 12.8. The average Bonchev–Trinajstić information content (AvgIpc) is 2.88. The monoisotopic (exact) mass is 553 g/mol. The summed E-state index contributed by atoms with van der Waals surface area (Å²) in [6.45, 7) is 5.58. The maximum atomic E-state index is 12.8. The number of esters is 2. The molecule has 14 heteroatoms. The molecule has 1 aliphatic rings. The van der Waals surface area contributed by atoms with Crippen molar-refractivity contribution >= 4 is 29.8 Å². The molecule has 1 aromatic carbocycles. The average molecular weight is 554 g/mol. The highest BCUT2D eigenvalue weighted by Gasteiger charge is 2.51. The van der Waals surface area contributed by atoms with Crippen LogP contribution in [0.25, 0.3) is 0 Å². The molecule has 1 heterocycles. The molecule has 0 unspecified atom stereocenters. The van der Waals surface area contributed by atoms with Crippen LogP contribution in [0.4, 0.5) is 4.79 Å². The number of rotatable bonds is 10. The van der Waals surface area contributed by atoms with Crippen LogP contribution < -0.4 is 16.0 Å². The van der Waals surface area contributed by atoms with Gasteiger partial charge in [-0.2, -0.15) is 0 Å². The molecule has 0 spiro atoms. The molecule has 0 saturated carbocycles. The lowest BCUT2D eigenvalue weighted by Crippen LogP contribution is -2.68. The first-order valence-electron chi connectivity index (χ1n) is 12.2. The zero-order valence-electron chi connectivity index (χ0n) is 22.4. The van der Waals surface area contributed by atoms with Crippen molar-refractivity contribution in [3.05, 3.63) is 35.9 Å². The van der Waals surface area contributed by atoms with Crippen LogP contribution in [0.15, 0.2) is 30.3 Å². The summed E-state index contributed by atoms with van der Waals surface area (Å²) in [5, 5.41) is 18.1. The van der Waals surface area contributed by atoms with Gasteiger partial charge in [0.05, 0.1) is 18.2 Å². The van der Waals surface area contributed by atoms with Gasteiger partial charge in [0.2, 0.25) is 5.91 Å². The SMILES string of the molecule is CCOC(=O)CNC(=O)[C@H]1O[C@H](OC)[C@H](OC(=O)c2ccccc2)[C@H](NC(=O)CNC(=O)OC(C)(C)C)[C@@H]1O. The lowest BCUT2D eigenvalue weighted by molar-refractivity contribution is -0.260. The van der Waals surface area contributed by atoms with Crippen molar-refractivity contribution in [1.82, 2.24) is 16.0 Å². The molecule has 216 valence electrons. The Morgan fingerprint density at radius 1 is 1.03 bits per heavy atom. The summed E-state index contributed by atoms with van der Waals surface area (Å²) in [5.41, 5.74) is -0.628. The summed E-state index contributed by atoms with van der Waals surface area (Å²) in [7, 11) is 1.21. The first kappa shape index (κ1) is 31.5. The molecular formula is C25H35N3O11. The number of methoxy groups -OCH3 is 1. The van der Waals surface area contributed by atoms with Gasteiger partial charge >= 0.3 is 18.0 Å². The third-order valence-corrected chi connectivity index (χ3v) is 5.16. The molecular weight excluding hydrogens is 518 g/mol. The highest BCUT2D eigenvalue weighted by molar-refractivity contribution is 5.90. The number of aliphatic hydroxyl groups excluding tert-OH is 1. The van der Waals surface area contributed by atoms with E-state index in [1.165, 1.54) is 19.2 Å². The van der Waals surface area contributed by atoms with E-state index in [4.69, 9.17) is 23.7 Å². The highest BCUT2D eigenvalue weighted by atomic mass is 16.7. The fourth-order valence-corrected chi connectivity index (χ4v) is 3.50. The minimum absolute atomic E-state index is 0.100. The van der Waals surface area contributed by atoms with Crippen molar-refractivity contribution in [3.63, 3.8) is 0 Å². The summed E-state index contributed by atoms with van der Waals surface area (Å²) >= 11 is 0. The third-order valence-electron chi connectivity index (χ3n) is 5.16. The number of carbonyl (C=O) groups is 5. The number of benzene rings is 1. The predicted molar refractivity (Wildman–Crippen MR) is 133 cm³/mol. The number of carbonyl (C=O) groups excluding carboxylic acids is 5. The highest BCUT2D eigenvalue weighted by Crippen LogP contribution is 2.25. The van der Waals surface area contributed by atoms with Gasteiger partial charge in [-0.25, -0.2) is 9.59 Å². The van der Waals surface area contributed by atoms with Gasteiger partial charge in [-0.1, -0.05) is 18.2 Å². The van der Waals surface area contributed by atoms with Crippen molar-refractivity contribution in [1.29, 1.82) is 0 Å². The van der Waals surface area contributed by atoms with Gasteiger partial charge in [0.25, 0.3) is 5.91 Å². The second-order valence-electron chi connectivity index (χ2n) is 9.36. The van der Waals surface area contributed by atoms with Gasteiger partial charge < -0.3 is 44.7 Å². The fraction of sp³-hybridized carbons (Fsp3) is 0.560. The molecule has 39 heavy (non-hydrogen) atoms. The van der Waals surface area contributed by atoms with Crippen molar-refractivity contribution < 1.29 is 52.8 Å². The van der Waals surface area contributed by atoms with Crippen LogP contribution in [0, 0.1) is 0 Å². The Morgan fingerprint density at radius 3 is 2.28 bits per heavy atom. The molecule has 1 fully saturated rings. The van der Waals surface area contributed by atoms with Gasteiger partial charge in [-0.3, -0.25) is 14.4 Å². The summed E-state index contributed by atoms with van der Waals surface area (Å²) in [4.78, 5) is 61.8. The molecule has 0 aromatic heterocycles. The Balaban J connectivity index is 2.23. The van der Waals surface area contributed by atoms with E-state index in [-0.39, 0.29) is 12.2 Å². The van der Waals surface area contributed by atoms with E-state index in [1.807, 2.05) is 0 Å². The topological polar surface area (TPSA) is 188 Å². The Kier molecular flexibility index (Phi) is 11.6. The van der Waals surface area contributed by atoms with Gasteiger partial charge in [0.1, 0.15) is 24.8 Å². The van der Waals surface area contributed by atoms with E-state index in [0.717, 1.165) is 0 Å². The number of alkyl carbamates (subject to hydrolysis) is 1. The van der Waals surface area contributed by atoms with Crippen LogP contribution >= 0.6 is 0 Å². The smallest absolute Gasteiger partial charge is 0.408 e. The van der Waals surface area contributed by atoms with Crippen LogP contribution in [0.3, 0.4) is 0 Å². The zero-order chi connectivity index (χ0) is 29.2. The molecule has 3 amide bonds. The number of hydrogen-bond donors (Lipinski definition) is 4. The molecule has 0 radical (unpaired) electrons. The van der Waals surface area contributed by atoms with Gasteiger partial charge in [0.15, 0.2) is 18.5 Å². The zero-order valence-corrected chi connectivity index (χ0v) is 22.4. The number of hydrogen-bond acceptors (Lipinski definition) is 11. The van der Waals surface area contributed by atoms with Crippen LogP contribution in [0.2, 0.25) is 0 Å². The quantitative estimate of drug-likeness (QED) is 0.219. The van der Waals surface area contributed by atoms with Gasteiger partial charge in [-0.15, -0.1) is 0 Å². The number of ether oxygens (including phenoxy) is 5. The molecule has 1 saturated heterocycles. The number of aliphatic hydroxyl groups is 1. The fourth-order valence-electron chi connectivity index (χ4n) is 3.50.